The predicted molar refractivity (Wildman–Crippen MR) is 80.6 cm³/mol. The van der Waals surface area contributed by atoms with Crippen LogP contribution in [-0.2, 0) is 4.79 Å². The maximum atomic E-state index is 11.6. The van der Waals surface area contributed by atoms with Gasteiger partial charge in [-0.05, 0) is 47.8 Å². The molecule has 1 atom stereocenters. The second-order valence-electron chi connectivity index (χ2n) is 4.73. The highest BCUT2D eigenvalue weighted by atomic mass is 79.9. The van der Waals surface area contributed by atoms with Crippen LogP contribution in [0.25, 0.3) is 0 Å². The van der Waals surface area contributed by atoms with Crippen LogP contribution in [0.4, 0.5) is 0 Å². The molecule has 0 heterocycles. The molecular formula is C13H18BrClN2O2. The molecule has 19 heavy (non-hydrogen) atoms. The summed E-state index contributed by atoms with van der Waals surface area (Å²) in [5, 5.41) is 2.82. The predicted octanol–water partition coefficient (Wildman–Crippen LogP) is 2.25. The lowest BCUT2D eigenvalue weighted by Crippen LogP contribution is -2.45. The summed E-state index contributed by atoms with van der Waals surface area (Å²) >= 11 is 3.41. The molecule has 3 N–H and O–H groups in total. The Kier molecular flexibility index (Phi) is 5.64. The van der Waals surface area contributed by atoms with Gasteiger partial charge in [0.25, 0.3) is 0 Å². The first kappa shape index (κ1) is 16.3. The monoisotopic (exact) mass is 348 g/mol. The maximum Gasteiger partial charge on any atom is 0.240 e. The Morgan fingerprint density at radius 3 is 2.74 bits per heavy atom. The lowest BCUT2D eigenvalue weighted by Gasteiger charge is -2.17. The largest absolute Gasteiger partial charge is 0.488 e. The number of ether oxygens (including phenoxy) is 1. The Labute approximate surface area is 127 Å². The van der Waals surface area contributed by atoms with Crippen LogP contribution in [0.2, 0.25) is 0 Å². The van der Waals surface area contributed by atoms with Crippen LogP contribution in [0, 0.1) is 0 Å². The van der Waals surface area contributed by atoms with E-state index >= 15 is 0 Å². The molecule has 1 aromatic carbocycles. The highest BCUT2D eigenvalue weighted by molar-refractivity contribution is 9.10. The number of rotatable bonds is 5. The zero-order valence-electron chi connectivity index (χ0n) is 10.7. The number of carbonyl (C=O) groups excluding carboxylic acids is 1. The number of carbonyl (C=O) groups is 1. The quantitative estimate of drug-likeness (QED) is 0.857. The number of hydrogen-bond acceptors (Lipinski definition) is 3. The van der Waals surface area contributed by atoms with Gasteiger partial charge >= 0.3 is 0 Å². The van der Waals surface area contributed by atoms with Crippen molar-refractivity contribution in [3.05, 3.63) is 28.7 Å². The van der Waals surface area contributed by atoms with Crippen molar-refractivity contribution in [3.8, 4) is 5.75 Å². The number of benzene rings is 1. The van der Waals surface area contributed by atoms with Crippen molar-refractivity contribution in [1.82, 2.24) is 5.32 Å². The van der Waals surface area contributed by atoms with Crippen LogP contribution < -0.4 is 15.8 Å². The zero-order chi connectivity index (χ0) is 13.2. The molecule has 106 valence electrons. The Balaban J connectivity index is 0.00000180. The lowest BCUT2D eigenvalue weighted by atomic mass is 10.2. The molecule has 2 rings (SSSR count). The van der Waals surface area contributed by atoms with Crippen LogP contribution in [0.5, 0.6) is 5.75 Å². The molecule has 1 saturated carbocycles. The average Bonchev–Trinajstić information content (AvgIpc) is 3.09. The number of nitrogens with two attached hydrogens (primary N) is 1. The third-order valence-electron chi connectivity index (χ3n) is 2.96. The maximum absolute atomic E-state index is 11.6. The third-order valence-corrected chi connectivity index (χ3v) is 3.61. The van der Waals surface area contributed by atoms with E-state index in [9.17, 15) is 4.79 Å². The summed E-state index contributed by atoms with van der Waals surface area (Å²) in [6, 6.07) is 7.63. The molecule has 1 aliphatic carbocycles. The summed E-state index contributed by atoms with van der Waals surface area (Å²) < 4.78 is 6.63. The molecule has 0 bridgehead atoms. The first-order valence-electron chi connectivity index (χ1n) is 6.00. The van der Waals surface area contributed by atoms with Crippen LogP contribution in [0.3, 0.4) is 0 Å². The minimum absolute atomic E-state index is 0. The minimum Gasteiger partial charge on any atom is -0.488 e. The number of halogens is 2. The topological polar surface area (TPSA) is 64.4 Å². The van der Waals surface area contributed by atoms with E-state index in [0.29, 0.717) is 6.54 Å². The van der Waals surface area contributed by atoms with Gasteiger partial charge in [-0.2, -0.15) is 0 Å². The van der Waals surface area contributed by atoms with Crippen molar-refractivity contribution < 1.29 is 9.53 Å². The number of hydrogen-bond donors (Lipinski definition) is 2. The van der Waals surface area contributed by atoms with Crippen LogP contribution in [0.15, 0.2) is 28.7 Å². The molecule has 0 saturated heterocycles. The van der Waals surface area contributed by atoms with Crippen molar-refractivity contribution >= 4 is 34.2 Å². The fraction of sp³-hybridized carbons (Fsp3) is 0.462. The van der Waals surface area contributed by atoms with E-state index in [4.69, 9.17) is 10.5 Å². The van der Waals surface area contributed by atoms with Gasteiger partial charge in [0, 0.05) is 0 Å². The third kappa shape index (κ3) is 4.37. The van der Waals surface area contributed by atoms with Gasteiger partial charge in [0.15, 0.2) is 0 Å². The van der Waals surface area contributed by atoms with E-state index in [0.717, 1.165) is 23.1 Å². The van der Waals surface area contributed by atoms with Crippen molar-refractivity contribution in [1.29, 1.82) is 0 Å². The van der Waals surface area contributed by atoms with E-state index in [1.807, 2.05) is 31.2 Å². The summed E-state index contributed by atoms with van der Waals surface area (Å²) in [4.78, 5) is 11.6. The molecule has 1 amide bonds. The molecule has 0 spiro atoms. The molecule has 0 aliphatic heterocycles. The summed E-state index contributed by atoms with van der Waals surface area (Å²) in [5.41, 5.74) is 5.17. The second-order valence-corrected chi connectivity index (χ2v) is 5.58. The Morgan fingerprint density at radius 2 is 2.16 bits per heavy atom. The van der Waals surface area contributed by atoms with Crippen LogP contribution >= 0.6 is 28.3 Å². The highest BCUT2D eigenvalue weighted by Gasteiger charge is 2.45. The summed E-state index contributed by atoms with van der Waals surface area (Å²) in [6.45, 7) is 2.37. The van der Waals surface area contributed by atoms with Gasteiger partial charge in [-0.15, -0.1) is 12.4 Å². The fourth-order valence-electron chi connectivity index (χ4n) is 1.57. The standard InChI is InChI=1S/C13H17BrN2O2.ClH/c1-9(8-16-12(17)13(15)6-7-13)18-11-5-3-2-4-10(11)14;/h2-5,9H,6-8,15H2,1H3,(H,16,17);1H. The van der Waals surface area contributed by atoms with Gasteiger partial charge in [0.1, 0.15) is 11.9 Å². The second kappa shape index (κ2) is 6.59. The number of para-hydroxylation sites is 1. The Hall–Kier alpha value is -0.780. The van der Waals surface area contributed by atoms with Crippen LogP contribution in [0.1, 0.15) is 19.8 Å². The van der Waals surface area contributed by atoms with E-state index in [2.05, 4.69) is 21.2 Å². The Bertz CT molecular complexity index is 452. The first-order valence-corrected chi connectivity index (χ1v) is 6.79. The minimum atomic E-state index is -0.618. The first-order chi connectivity index (χ1) is 8.51. The fourth-order valence-corrected chi connectivity index (χ4v) is 1.95. The van der Waals surface area contributed by atoms with E-state index in [-0.39, 0.29) is 24.4 Å². The molecule has 1 aromatic rings. The van der Waals surface area contributed by atoms with Crippen molar-refractivity contribution in [2.75, 3.05) is 6.54 Å². The normalized spacial score (nSPS) is 17.0. The summed E-state index contributed by atoms with van der Waals surface area (Å²) in [7, 11) is 0. The number of amides is 1. The lowest BCUT2D eigenvalue weighted by molar-refractivity contribution is -0.123. The smallest absolute Gasteiger partial charge is 0.240 e. The van der Waals surface area contributed by atoms with Gasteiger partial charge in [0.2, 0.25) is 5.91 Å². The Morgan fingerprint density at radius 1 is 1.53 bits per heavy atom. The average molecular weight is 350 g/mol. The van der Waals surface area contributed by atoms with Gasteiger partial charge in [-0.3, -0.25) is 4.79 Å². The highest BCUT2D eigenvalue weighted by Crippen LogP contribution is 2.32. The van der Waals surface area contributed by atoms with E-state index in [1.165, 1.54) is 0 Å². The zero-order valence-corrected chi connectivity index (χ0v) is 13.1. The van der Waals surface area contributed by atoms with Crippen molar-refractivity contribution in [2.24, 2.45) is 5.73 Å². The molecule has 0 radical (unpaired) electrons. The molecule has 1 aliphatic rings. The molecule has 4 nitrogen and oxygen atoms in total. The van der Waals surface area contributed by atoms with Crippen molar-refractivity contribution in [3.63, 3.8) is 0 Å². The number of nitrogens with one attached hydrogen (secondary N) is 1. The molecule has 1 fully saturated rings. The molecule has 1 unspecified atom stereocenters. The summed E-state index contributed by atoms with van der Waals surface area (Å²) in [5.74, 6) is 0.693. The molecule has 0 aromatic heterocycles. The van der Waals surface area contributed by atoms with Crippen LogP contribution in [-0.4, -0.2) is 24.1 Å². The summed E-state index contributed by atoms with van der Waals surface area (Å²) in [6.07, 6.45) is 1.45. The van der Waals surface area contributed by atoms with Gasteiger partial charge in [0.05, 0.1) is 16.6 Å². The SMILES string of the molecule is CC(CNC(=O)C1(N)CC1)Oc1ccccc1Br.Cl. The molecular weight excluding hydrogens is 332 g/mol. The van der Waals surface area contributed by atoms with E-state index < -0.39 is 5.54 Å². The van der Waals surface area contributed by atoms with Gasteiger partial charge in [-0.25, -0.2) is 0 Å². The molecule has 6 heteroatoms. The van der Waals surface area contributed by atoms with Gasteiger partial charge in [-0.1, -0.05) is 12.1 Å². The van der Waals surface area contributed by atoms with Crippen molar-refractivity contribution in [2.45, 2.75) is 31.4 Å². The van der Waals surface area contributed by atoms with E-state index in [1.54, 1.807) is 0 Å². The van der Waals surface area contributed by atoms with Gasteiger partial charge < -0.3 is 15.8 Å².